The maximum Gasteiger partial charge on any atom is 0.442 e. The average Bonchev–Trinajstić information content (AvgIpc) is 4.07. The first kappa shape index (κ1) is 59.9. The molecule has 1 aromatic carbocycles. The number of nitrogens with one attached hydrogen (secondary N) is 5. The third-order valence-corrected chi connectivity index (χ3v) is 15.1. The van der Waals surface area contributed by atoms with Crippen LogP contribution in [0.3, 0.4) is 0 Å². The zero-order valence-electron chi connectivity index (χ0n) is 41.4. The van der Waals surface area contributed by atoms with Crippen LogP contribution >= 0.6 is 11.8 Å². The van der Waals surface area contributed by atoms with Gasteiger partial charge in [-0.25, -0.2) is 4.79 Å². The van der Waals surface area contributed by atoms with Crippen LogP contribution in [0.5, 0.6) is 5.75 Å². The van der Waals surface area contributed by atoms with E-state index >= 15 is 0 Å². The number of fused-ring (bicyclic) bond motifs is 1. The largest absolute Gasteiger partial charge is 0.491 e. The summed E-state index contributed by atoms with van der Waals surface area (Å²) in [5.74, 6) is -0.0397. The summed E-state index contributed by atoms with van der Waals surface area (Å²) in [6.45, 7) is 0.845. The third-order valence-electron chi connectivity index (χ3n) is 13.6. The highest BCUT2D eigenvalue weighted by Crippen LogP contribution is 2.53. The maximum absolute atomic E-state index is 14.1. The van der Waals surface area contributed by atoms with Gasteiger partial charge in [-0.05, 0) is 25.8 Å². The van der Waals surface area contributed by atoms with Crippen LogP contribution in [0.2, 0.25) is 0 Å². The number of benzene rings is 1. The van der Waals surface area contributed by atoms with E-state index in [9.17, 15) is 68.4 Å². The lowest BCUT2D eigenvalue weighted by Gasteiger charge is -2.50. The molecule has 7 rings (SSSR count). The third kappa shape index (κ3) is 14.6. The van der Waals surface area contributed by atoms with Gasteiger partial charge in [0.1, 0.15) is 73.4 Å². The monoisotopic (exact) mass is 1120 g/mol. The lowest BCUT2D eigenvalue weighted by Crippen LogP contribution is -2.71. The number of hydrogen-bond donors (Lipinski definition) is 13. The number of aliphatic hydroxyl groups excluding tert-OH is 8. The van der Waals surface area contributed by atoms with Crippen molar-refractivity contribution in [3.8, 4) is 5.75 Å². The van der Waals surface area contributed by atoms with E-state index in [1.54, 1.807) is 0 Å². The number of unbranched alkanes of at least 4 members (excludes halogenated alkanes) is 1. The van der Waals surface area contributed by atoms with E-state index in [1.165, 1.54) is 13.0 Å². The Morgan fingerprint density at radius 2 is 1.51 bits per heavy atom. The van der Waals surface area contributed by atoms with Gasteiger partial charge in [-0.15, -0.1) is 10.2 Å². The minimum atomic E-state index is -4.87. The molecule has 1 aromatic rings. The molecule has 430 valence electrons. The highest BCUT2D eigenvalue weighted by Gasteiger charge is 2.65. The predicted molar refractivity (Wildman–Crippen MR) is 250 cm³/mol. The second-order valence-corrected chi connectivity index (χ2v) is 20.2. The molecular formula is C45H68F3N7O20S. The number of hydroxylamine groups is 1. The zero-order valence-corrected chi connectivity index (χ0v) is 42.3. The fraction of sp³-hybridized carbons (Fsp3) is 0.800. The molecule has 5 saturated heterocycles. The number of thioether (sulfide) groups is 1. The second-order valence-electron chi connectivity index (χ2n) is 19.0. The number of carbonyl (C=O) groups is 3. The summed E-state index contributed by atoms with van der Waals surface area (Å²) in [6.07, 6.45) is -25.6. The van der Waals surface area contributed by atoms with Crippen molar-refractivity contribution >= 4 is 29.6 Å². The molecule has 6 heterocycles. The lowest BCUT2D eigenvalue weighted by molar-refractivity contribution is -0.365. The number of alkyl halides is 3. The molecule has 0 aromatic heterocycles. The molecule has 0 aliphatic carbocycles. The summed E-state index contributed by atoms with van der Waals surface area (Å²) >= 11 is 1.82. The summed E-state index contributed by atoms with van der Waals surface area (Å²) in [5, 5.41) is 102. The molecule has 6 aliphatic heterocycles. The standard InChI is InChI=1S/C45H68F3N7O20S/c1-20-32(60)34(62)36(64)41(71-20)75-39-31(50-21(2)58)40(72-27(17-57)38(39)74-42-37(65)35(63)33(61)26(16-56)73-42)53-70-18-22-7-8-23(44(54-55-44)45(46,47)48)15-25(22)69-14-13-68-12-11-67-10-9-49-29(59)6-4-3-5-28-30-24(19-76-28)51-43(66)52-30/h7-8,15,20,24,26-28,30-42,53,56-57,60-65H,3-6,9-14,16-19H2,1-2H3,(H,49,59)(H,50,58)(H2,51,52,66)/t20-,24+,26+,27+,28-,30+,31+,32+,33-,34+,35-,36-,37+,38+,39+,40?,41-,42-/m0/s1. The number of rotatable bonds is 27. The summed E-state index contributed by atoms with van der Waals surface area (Å²) in [4.78, 5) is 42.5. The number of halogens is 3. The second kappa shape index (κ2) is 27.0. The SMILES string of the molecule is CC(=O)N[C@H]1C(NOCc2ccc(C3(C(F)(F)F)N=N3)cc2OCCOCCOCCNC(=O)CCCC[C@@H]2SC[C@H]3NC(=O)N[C@@H]23)O[C@H](CO)[C@@H](O[C@@H]2O[C@H](CO)[C@H](O)[C@H](O)[C@H]2O)[C@@H]1O[C@@H]1O[C@@H](C)[C@@H](O)[C@@H](O)[C@@H]1O. The molecule has 6 aliphatic rings. The molecule has 31 heteroatoms. The van der Waals surface area contributed by atoms with Crippen molar-refractivity contribution in [3.05, 3.63) is 29.3 Å². The van der Waals surface area contributed by atoms with Gasteiger partial charge >= 0.3 is 17.9 Å². The molecule has 4 amide bonds. The van der Waals surface area contributed by atoms with Gasteiger partial charge in [-0.2, -0.15) is 30.4 Å². The van der Waals surface area contributed by atoms with Gasteiger partial charge in [0.05, 0.1) is 70.5 Å². The summed E-state index contributed by atoms with van der Waals surface area (Å²) in [5.41, 5.74) is -0.405. The van der Waals surface area contributed by atoms with Crippen LogP contribution in [0, 0.1) is 0 Å². The number of nitrogens with zero attached hydrogens (tertiary/aromatic N) is 2. The topological polar surface area (TPSA) is 381 Å². The van der Waals surface area contributed by atoms with Crippen molar-refractivity contribution in [3.63, 3.8) is 0 Å². The van der Waals surface area contributed by atoms with E-state index < -0.39 is 130 Å². The molecule has 1 unspecified atom stereocenters. The van der Waals surface area contributed by atoms with Gasteiger partial charge in [0.25, 0.3) is 0 Å². The molecule has 27 nitrogen and oxygen atoms in total. The molecule has 0 bridgehead atoms. The number of hydrogen-bond acceptors (Lipinski definition) is 24. The van der Waals surface area contributed by atoms with Crippen LogP contribution in [0.4, 0.5) is 18.0 Å². The fourth-order valence-corrected chi connectivity index (χ4v) is 10.9. The molecule has 76 heavy (non-hydrogen) atoms. The summed E-state index contributed by atoms with van der Waals surface area (Å²) < 4.78 is 88.8. The van der Waals surface area contributed by atoms with E-state index in [1.807, 2.05) is 11.8 Å². The first-order chi connectivity index (χ1) is 36.3. The van der Waals surface area contributed by atoms with E-state index in [4.69, 9.17) is 42.7 Å². The van der Waals surface area contributed by atoms with E-state index in [2.05, 4.69) is 37.0 Å². The van der Waals surface area contributed by atoms with Crippen molar-refractivity contribution < 1.29 is 111 Å². The van der Waals surface area contributed by atoms with E-state index in [0.29, 0.717) is 18.1 Å². The van der Waals surface area contributed by atoms with Crippen LogP contribution in [-0.4, -0.2) is 233 Å². The molecule has 13 N–H and O–H groups in total. The van der Waals surface area contributed by atoms with Gasteiger partial charge in [-0.1, -0.05) is 18.6 Å². The molecule has 18 atom stereocenters. The zero-order chi connectivity index (χ0) is 54.9. The van der Waals surface area contributed by atoms with Gasteiger partial charge in [0, 0.05) is 42.0 Å². The Bertz CT molecular complexity index is 2110. The maximum atomic E-state index is 14.1. The van der Waals surface area contributed by atoms with Crippen molar-refractivity contribution in [1.82, 2.24) is 26.7 Å². The lowest BCUT2D eigenvalue weighted by atomic mass is 9.94. The van der Waals surface area contributed by atoms with Crippen molar-refractivity contribution in [1.29, 1.82) is 0 Å². The smallest absolute Gasteiger partial charge is 0.442 e. The number of urea groups is 1. The van der Waals surface area contributed by atoms with Gasteiger partial charge in [-0.3, -0.25) is 14.4 Å². The van der Waals surface area contributed by atoms with Crippen LogP contribution in [-0.2, 0) is 59.9 Å². The molecular weight excluding hydrogens is 1050 g/mol. The summed E-state index contributed by atoms with van der Waals surface area (Å²) in [6, 6.07) is 2.15. The Balaban J connectivity index is 0.936. The number of amides is 4. The number of carbonyl (C=O) groups excluding carboxylic acids is 3. The number of ether oxygens (including phenoxy) is 8. The minimum absolute atomic E-state index is 0.0372. The molecule has 0 radical (unpaired) electrons. The highest BCUT2D eigenvalue weighted by atomic mass is 32.2. The first-order valence-corrected chi connectivity index (χ1v) is 25.9. The molecule has 0 spiro atoms. The van der Waals surface area contributed by atoms with E-state index in [0.717, 1.165) is 37.7 Å². The predicted octanol–water partition coefficient (Wildman–Crippen LogP) is -3.24. The summed E-state index contributed by atoms with van der Waals surface area (Å²) in [7, 11) is 0. The van der Waals surface area contributed by atoms with E-state index in [-0.39, 0.29) is 80.5 Å². The van der Waals surface area contributed by atoms with Crippen molar-refractivity contribution in [2.75, 3.05) is 58.5 Å². The van der Waals surface area contributed by atoms with Crippen LogP contribution in [0.1, 0.15) is 50.7 Å². The molecule has 5 fully saturated rings. The van der Waals surface area contributed by atoms with Crippen molar-refractivity contribution in [2.45, 2.75) is 167 Å². The van der Waals surface area contributed by atoms with Gasteiger partial charge < -0.3 is 100 Å². The quantitative estimate of drug-likeness (QED) is 0.0234. The van der Waals surface area contributed by atoms with Crippen LogP contribution in [0.15, 0.2) is 28.4 Å². The van der Waals surface area contributed by atoms with Gasteiger partial charge in [0.2, 0.25) is 11.8 Å². The average molecular weight is 1120 g/mol. The van der Waals surface area contributed by atoms with Gasteiger partial charge in [0.15, 0.2) is 18.8 Å². The van der Waals surface area contributed by atoms with Crippen molar-refractivity contribution in [2.24, 2.45) is 10.2 Å². The first-order valence-electron chi connectivity index (χ1n) is 24.9. The fourth-order valence-electron chi connectivity index (χ4n) is 9.35. The Morgan fingerprint density at radius 3 is 2.20 bits per heavy atom. The highest BCUT2D eigenvalue weighted by molar-refractivity contribution is 8.00. The Kier molecular flexibility index (Phi) is 21.3. The Labute approximate surface area is 437 Å². The number of aliphatic hydroxyl groups is 8. The normalized spacial score (nSPS) is 35.8. The Morgan fingerprint density at radius 1 is 0.842 bits per heavy atom. The van der Waals surface area contributed by atoms with Crippen LogP contribution < -0.4 is 31.5 Å². The Hall–Kier alpha value is -3.71. The molecule has 0 saturated carbocycles. The minimum Gasteiger partial charge on any atom is -0.491 e. The van der Waals surface area contributed by atoms with Crippen LogP contribution in [0.25, 0.3) is 0 Å².